The van der Waals surface area contributed by atoms with Gasteiger partial charge in [0.15, 0.2) is 0 Å². The van der Waals surface area contributed by atoms with Crippen molar-refractivity contribution in [1.82, 2.24) is 4.31 Å². The highest BCUT2D eigenvalue weighted by molar-refractivity contribution is 7.88. The number of sulfonamides is 1. The van der Waals surface area contributed by atoms with Gasteiger partial charge in [-0.1, -0.05) is 35.9 Å². The number of nitrogens with one attached hydrogen (secondary N) is 1. The van der Waals surface area contributed by atoms with Gasteiger partial charge < -0.3 is 5.32 Å². The molecule has 2 aromatic rings. The number of benzene rings is 2. The minimum atomic E-state index is -3.60. The van der Waals surface area contributed by atoms with Crippen molar-refractivity contribution in [1.29, 1.82) is 0 Å². The molecule has 0 aliphatic carbocycles. The molecule has 1 amide bonds. The van der Waals surface area contributed by atoms with Crippen LogP contribution < -0.4 is 5.32 Å². The second-order valence-electron chi connectivity index (χ2n) is 5.95. The Morgan fingerprint density at radius 1 is 1.23 bits per heavy atom. The topological polar surface area (TPSA) is 66.5 Å². The molecule has 0 saturated carbocycles. The molecule has 0 spiro atoms. The first kappa shape index (κ1) is 20.4. The SMILES string of the molecule is Cc1ccc(Cl)cc1NC(=O)CCN(Cc1ccccc1F)S(C)(=O)=O. The summed E-state index contributed by atoms with van der Waals surface area (Å²) in [5, 5.41) is 3.20. The number of amides is 1. The van der Waals surface area contributed by atoms with Crippen molar-refractivity contribution in [2.75, 3.05) is 18.1 Å². The quantitative estimate of drug-likeness (QED) is 0.775. The Morgan fingerprint density at radius 2 is 1.92 bits per heavy atom. The molecule has 2 aromatic carbocycles. The number of aryl methyl sites for hydroxylation is 1. The van der Waals surface area contributed by atoms with Crippen molar-refractivity contribution in [3.63, 3.8) is 0 Å². The molecule has 5 nitrogen and oxygen atoms in total. The monoisotopic (exact) mass is 398 g/mol. The van der Waals surface area contributed by atoms with Crippen molar-refractivity contribution in [3.05, 3.63) is 64.4 Å². The molecule has 0 aliphatic rings. The fourth-order valence-corrected chi connectivity index (χ4v) is 3.32. The maximum Gasteiger partial charge on any atom is 0.225 e. The molecule has 2 rings (SSSR count). The zero-order valence-corrected chi connectivity index (χ0v) is 16.1. The fraction of sp³-hybridized carbons (Fsp3) is 0.278. The second kappa shape index (κ2) is 8.62. The van der Waals surface area contributed by atoms with Crippen LogP contribution in [0.2, 0.25) is 5.02 Å². The number of carbonyl (C=O) groups is 1. The van der Waals surface area contributed by atoms with Gasteiger partial charge in [-0.05, 0) is 30.7 Å². The molecule has 26 heavy (non-hydrogen) atoms. The Balaban J connectivity index is 2.04. The highest BCUT2D eigenvalue weighted by atomic mass is 35.5. The molecule has 0 unspecified atom stereocenters. The maximum absolute atomic E-state index is 13.8. The van der Waals surface area contributed by atoms with Gasteiger partial charge in [-0.15, -0.1) is 0 Å². The molecule has 0 atom stereocenters. The van der Waals surface area contributed by atoms with Crippen LogP contribution in [0.4, 0.5) is 10.1 Å². The third-order valence-electron chi connectivity index (χ3n) is 3.84. The normalized spacial score (nSPS) is 11.6. The van der Waals surface area contributed by atoms with E-state index in [9.17, 15) is 17.6 Å². The van der Waals surface area contributed by atoms with Crippen LogP contribution in [0.1, 0.15) is 17.5 Å². The summed E-state index contributed by atoms with van der Waals surface area (Å²) < 4.78 is 38.8. The van der Waals surface area contributed by atoms with Crippen molar-refractivity contribution >= 4 is 33.2 Å². The largest absolute Gasteiger partial charge is 0.326 e. The van der Waals surface area contributed by atoms with Crippen molar-refractivity contribution < 1.29 is 17.6 Å². The molecule has 0 aliphatic heterocycles. The third kappa shape index (κ3) is 5.79. The summed E-state index contributed by atoms with van der Waals surface area (Å²) in [6.45, 7) is 1.64. The van der Waals surface area contributed by atoms with Crippen LogP contribution in [-0.4, -0.2) is 31.4 Å². The highest BCUT2D eigenvalue weighted by Gasteiger charge is 2.20. The van der Waals surface area contributed by atoms with Crippen LogP contribution in [0.3, 0.4) is 0 Å². The molecule has 0 heterocycles. The minimum absolute atomic E-state index is 0.0569. The maximum atomic E-state index is 13.8. The predicted octanol–water partition coefficient (Wildman–Crippen LogP) is 3.58. The molecule has 0 fully saturated rings. The Bertz CT molecular complexity index is 903. The first-order valence-corrected chi connectivity index (χ1v) is 10.1. The number of nitrogens with zero attached hydrogens (tertiary/aromatic N) is 1. The molecule has 0 bridgehead atoms. The first-order chi connectivity index (χ1) is 12.2. The lowest BCUT2D eigenvalue weighted by molar-refractivity contribution is -0.116. The summed E-state index contributed by atoms with van der Waals surface area (Å²) in [4.78, 5) is 12.2. The molecular formula is C18H20ClFN2O3S. The summed E-state index contributed by atoms with van der Waals surface area (Å²) in [5.74, 6) is -0.835. The number of hydrogen-bond acceptors (Lipinski definition) is 3. The molecule has 0 saturated heterocycles. The van der Waals surface area contributed by atoms with E-state index in [1.165, 1.54) is 18.2 Å². The number of anilines is 1. The van der Waals surface area contributed by atoms with Gasteiger partial charge in [-0.3, -0.25) is 4.79 Å². The standard InChI is InChI=1S/C18H20ClFN2O3S/c1-13-7-8-15(19)11-17(13)21-18(23)9-10-22(26(2,24)25)12-14-5-3-4-6-16(14)20/h3-8,11H,9-10,12H2,1-2H3,(H,21,23). The molecule has 1 N–H and O–H groups in total. The predicted molar refractivity (Wildman–Crippen MR) is 101 cm³/mol. The number of carbonyl (C=O) groups excluding carboxylic acids is 1. The van der Waals surface area contributed by atoms with Crippen molar-refractivity contribution in [3.8, 4) is 0 Å². The molecule has 0 aromatic heterocycles. The van der Waals surface area contributed by atoms with Gasteiger partial charge in [0.1, 0.15) is 5.82 Å². The van der Waals surface area contributed by atoms with Crippen LogP contribution in [0.5, 0.6) is 0 Å². The van der Waals surface area contributed by atoms with E-state index in [1.807, 2.05) is 6.92 Å². The Hall–Kier alpha value is -1.96. The number of rotatable bonds is 7. The Labute approximate surface area is 157 Å². The third-order valence-corrected chi connectivity index (χ3v) is 5.32. The van der Waals surface area contributed by atoms with Crippen LogP contribution in [0.15, 0.2) is 42.5 Å². The van der Waals surface area contributed by atoms with Crippen LogP contribution in [-0.2, 0) is 21.4 Å². The van der Waals surface area contributed by atoms with Gasteiger partial charge in [0.2, 0.25) is 15.9 Å². The lowest BCUT2D eigenvalue weighted by Gasteiger charge is -2.20. The fourth-order valence-electron chi connectivity index (χ4n) is 2.35. The van der Waals surface area contributed by atoms with E-state index in [0.29, 0.717) is 10.7 Å². The van der Waals surface area contributed by atoms with Gasteiger partial charge in [0.05, 0.1) is 6.26 Å². The van der Waals surface area contributed by atoms with Gasteiger partial charge in [0.25, 0.3) is 0 Å². The first-order valence-electron chi connectivity index (χ1n) is 7.91. The number of halogens is 2. The van der Waals surface area contributed by atoms with Crippen molar-refractivity contribution in [2.24, 2.45) is 0 Å². The molecule has 140 valence electrons. The van der Waals surface area contributed by atoms with Crippen molar-refractivity contribution in [2.45, 2.75) is 19.9 Å². The zero-order valence-electron chi connectivity index (χ0n) is 14.5. The van der Waals surface area contributed by atoms with E-state index in [2.05, 4.69) is 5.32 Å². The smallest absolute Gasteiger partial charge is 0.225 e. The molecule has 8 heteroatoms. The molecule has 0 radical (unpaired) electrons. The molecular weight excluding hydrogens is 379 g/mol. The summed E-state index contributed by atoms with van der Waals surface area (Å²) in [6.07, 6.45) is 0.973. The second-order valence-corrected chi connectivity index (χ2v) is 8.36. The summed E-state index contributed by atoms with van der Waals surface area (Å²) in [7, 11) is -3.60. The van der Waals surface area contributed by atoms with Crippen LogP contribution in [0, 0.1) is 12.7 Å². The lowest BCUT2D eigenvalue weighted by Crippen LogP contribution is -2.33. The lowest BCUT2D eigenvalue weighted by atomic mass is 10.2. The average molecular weight is 399 g/mol. The van der Waals surface area contributed by atoms with E-state index in [0.717, 1.165) is 16.1 Å². The van der Waals surface area contributed by atoms with Gasteiger partial charge in [0, 0.05) is 35.8 Å². The van der Waals surface area contributed by atoms with Gasteiger partial charge >= 0.3 is 0 Å². The van der Waals surface area contributed by atoms with Crippen LogP contribution >= 0.6 is 11.6 Å². The summed E-state index contributed by atoms with van der Waals surface area (Å²) in [6, 6.07) is 11.1. The zero-order chi connectivity index (χ0) is 19.3. The summed E-state index contributed by atoms with van der Waals surface area (Å²) in [5.41, 5.74) is 1.67. The van der Waals surface area contributed by atoms with E-state index in [1.54, 1.807) is 24.3 Å². The van der Waals surface area contributed by atoms with E-state index >= 15 is 0 Å². The number of hydrogen-bond donors (Lipinski definition) is 1. The Kier molecular flexibility index (Phi) is 6.75. The van der Waals surface area contributed by atoms with Gasteiger partial charge in [-0.2, -0.15) is 4.31 Å². The van der Waals surface area contributed by atoms with E-state index in [4.69, 9.17) is 11.6 Å². The Morgan fingerprint density at radius 3 is 2.58 bits per heavy atom. The van der Waals surface area contributed by atoms with E-state index < -0.39 is 15.8 Å². The van der Waals surface area contributed by atoms with Crippen LogP contribution in [0.25, 0.3) is 0 Å². The van der Waals surface area contributed by atoms with E-state index in [-0.39, 0.29) is 31.0 Å². The van der Waals surface area contributed by atoms with Gasteiger partial charge in [-0.25, -0.2) is 12.8 Å². The summed E-state index contributed by atoms with van der Waals surface area (Å²) >= 11 is 5.92. The minimum Gasteiger partial charge on any atom is -0.326 e. The average Bonchev–Trinajstić information content (AvgIpc) is 2.55. The highest BCUT2D eigenvalue weighted by Crippen LogP contribution is 2.20.